The Labute approximate surface area is 130 Å². The van der Waals surface area contributed by atoms with E-state index in [4.69, 9.17) is 4.74 Å². The maximum absolute atomic E-state index is 5.16. The summed E-state index contributed by atoms with van der Waals surface area (Å²) in [6.45, 7) is 4.29. The number of aromatic nitrogens is 2. The Hall–Kier alpha value is -1.66. The monoisotopic (exact) mass is 306 g/mol. The lowest BCUT2D eigenvalue weighted by Crippen LogP contribution is -2.19. The number of anilines is 2. The molecule has 1 N–H and O–H groups in total. The molecule has 2 rings (SSSR count). The highest BCUT2D eigenvalue weighted by atomic mass is 32.1. The van der Waals surface area contributed by atoms with Gasteiger partial charge in [-0.25, -0.2) is 9.97 Å². The first kappa shape index (κ1) is 15.7. The van der Waals surface area contributed by atoms with E-state index in [9.17, 15) is 0 Å². The number of nitrogens with one attached hydrogen (secondary N) is 1. The molecule has 2 aromatic rings. The SMILES string of the molecule is CCCNc1cc(N(C)Cc2cccs2)nc(COC)n1. The molecule has 0 aliphatic heterocycles. The molecule has 0 bridgehead atoms. The first-order valence-electron chi connectivity index (χ1n) is 7.07. The molecule has 0 fully saturated rings. The van der Waals surface area contributed by atoms with Crippen LogP contribution >= 0.6 is 11.3 Å². The third-order valence-electron chi connectivity index (χ3n) is 2.95. The Morgan fingerprint density at radius 3 is 2.90 bits per heavy atom. The minimum Gasteiger partial charge on any atom is -0.377 e. The van der Waals surface area contributed by atoms with Crippen LogP contribution in [0.3, 0.4) is 0 Å². The predicted molar refractivity (Wildman–Crippen MR) is 88.0 cm³/mol. The van der Waals surface area contributed by atoms with Crippen molar-refractivity contribution in [1.82, 2.24) is 9.97 Å². The average molecular weight is 306 g/mol. The van der Waals surface area contributed by atoms with Crippen molar-refractivity contribution in [3.05, 3.63) is 34.3 Å². The highest BCUT2D eigenvalue weighted by Gasteiger charge is 2.09. The van der Waals surface area contributed by atoms with Crippen LogP contribution in [0.2, 0.25) is 0 Å². The van der Waals surface area contributed by atoms with Gasteiger partial charge in [-0.15, -0.1) is 11.3 Å². The summed E-state index contributed by atoms with van der Waals surface area (Å²) < 4.78 is 5.16. The van der Waals surface area contributed by atoms with Gasteiger partial charge in [0.2, 0.25) is 0 Å². The number of nitrogens with zero attached hydrogens (tertiary/aromatic N) is 3. The molecule has 114 valence electrons. The normalized spacial score (nSPS) is 10.6. The maximum Gasteiger partial charge on any atom is 0.158 e. The second-order valence-corrected chi connectivity index (χ2v) is 5.86. The number of rotatable bonds is 8. The molecular formula is C15H22N4OS. The van der Waals surface area contributed by atoms with Crippen molar-refractivity contribution in [3.63, 3.8) is 0 Å². The van der Waals surface area contributed by atoms with Crippen molar-refractivity contribution in [3.8, 4) is 0 Å². The smallest absolute Gasteiger partial charge is 0.158 e. The third kappa shape index (κ3) is 4.68. The zero-order valence-electron chi connectivity index (χ0n) is 12.8. The molecule has 0 saturated heterocycles. The number of hydrogen-bond donors (Lipinski definition) is 1. The minimum atomic E-state index is 0.418. The number of ether oxygens (including phenoxy) is 1. The van der Waals surface area contributed by atoms with Gasteiger partial charge in [0.15, 0.2) is 5.82 Å². The van der Waals surface area contributed by atoms with Crippen LogP contribution in [-0.4, -0.2) is 30.7 Å². The Morgan fingerprint density at radius 1 is 1.38 bits per heavy atom. The summed E-state index contributed by atoms with van der Waals surface area (Å²) in [6, 6.07) is 6.19. The Balaban J connectivity index is 2.17. The van der Waals surface area contributed by atoms with Crippen molar-refractivity contribution in [2.75, 3.05) is 30.9 Å². The van der Waals surface area contributed by atoms with E-state index in [1.165, 1.54) is 4.88 Å². The summed E-state index contributed by atoms with van der Waals surface area (Å²) in [5.41, 5.74) is 0. The van der Waals surface area contributed by atoms with Crippen LogP contribution in [0.25, 0.3) is 0 Å². The van der Waals surface area contributed by atoms with Gasteiger partial charge >= 0.3 is 0 Å². The van der Waals surface area contributed by atoms with Crippen molar-refractivity contribution in [2.24, 2.45) is 0 Å². The quantitative estimate of drug-likeness (QED) is 0.812. The zero-order valence-corrected chi connectivity index (χ0v) is 13.6. The third-order valence-corrected chi connectivity index (χ3v) is 3.81. The van der Waals surface area contributed by atoms with Gasteiger partial charge in [0.1, 0.15) is 18.2 Å². The molecule has 0 aliphatic carbocycles. The van der Waals surface area contributed by atoms with Crippen LogP contribution < -0.4 is 10.2 Å². The van der Waals surface area contributed by atoms with Crippen LogP contribution in [0.1, 0.15) is 24.0 Å². The van der Waals surface area contributed by atoms with Crippen LogP contribution in [0, 0.1) is 0 Å². The maximum atomic E-state index is 5.16. The molecule has 0 aliphatic rings. The molecular weight excluding hydrogens is 284 g/mol. The van der Waals surface area contributed by atoms with Crippen molar-refractivity contribution in [2.45, 2.75) is 26.5 Å². The lowest BCUT2D eigenvalue weighted by molar-refractivity contribution is 0.178. The summed E-state index contributed by atoms with van der Waals surface area (Å²) in [4.78, 5) is 12.5. The van der Waals surface area contributed by atoms with Crippen molar-refractivity contribution < 1.29 is 4.74 Å². The van der Waals surface area contributed by atoms with E-state index in [0.717, 1.165) is 31.1 Å². The topological polar surface area (TPSA) is 50.3 Å². The molecule has 0 aromatic carbocycles. The van der Waals surface area contributed by atoms with Gasteiger partial charge in [-0.1, -0.05) is 13.0 Å². The first-order valence-corrected chi connectivity index (χ1v) is 7.95. The van der Waals surface area contributed by atoms with Gasteiger partial charge in [0.05, 0.1) is 6.54 Å². The van der Waals surface area contributed by atoms with Gasteiger partial charge in [0, 0.05) is 31.6 Å². The van der Waals surface area contributed by atoms with Crippen molar-refractivity contribution >= 4 is 23.0 Å². The molecule has 2 aromatic heterocycles. The number of thiophene rings is 1. The van der Waals surface area contributed by atoms with E-state index in [1.807, 2.05) is 13.1 Å². The molecule has 2 heterocycles. The van der Waals surface area contributed by atoms with Gasteiger partial charge < -0.3 is 15.0 Å². The summed E-state index contributed by atoms with van der Waals surface area (Å²) in [7, 11) is 3.70. The standard InChI is InChI=1S/C15H22N4OS/c1-4-7-16-13-9-15(18-14(17-13)11-20-3)19(2)10-12-6-5-8-21-12/h5-6,8-9H,4,7,10-11H2,1-3H3,(H,16,17,18). The molecule has 5 nitrogen and oxygen atoms in total. The molecule has 0 unspecified atom stereocenters. The van der Waals surface area contributed by atoms with Crippen molar-refractivity contribution in [1.29, 1.82) is 0 Å². The van der Waals surface area contributed by atoms with Gasteiger partial charge in [-0.3, -0.25) is 0 Å². The molecule has 0 radical (unpaired) electrons. The second-order valence-electron chi connectivity index (χ2n) is 4.82. The summed E-state index contributed by atoms with van der Waals surface area (Å²) in [5.74, 6) is 2.46. The van der Waals surface area contributed by atoms with Crippen LogP contribution in [0.15, 0.2) is 23.6 Å². The van der Waals surface area contributed by atoms with E-state index in [0.29, 0.717) is 12.4 Å². The van der Waals surface area contributed by atoms with Crippen LogP contribution in [-0.2, 0) is 17.9 Å². The molecule has 0 amide bonds. The fourth-order valence-electron chi connectivity index (χ4n) is 1.93. The molecule has 21 heavy (non-hydrogen) atoms. The highest BCUT2D eigenvalue weighted by molar-refractivity contribution is 7.09. The van der Waals surface area contributed by atoms with E-state index >= 15 is 0 Å². The Bertz CT molecular complexity index is 545. The van der Waals surface area contributed by atoms with Gasteiger partial charge in [0.25, 0.3) is 0 Å². The summed E-state index contributed by atoms with van der Waals surface area (Å²) in [5, 5.41) is 5.41. The average Bonchev–Trinajstić information content (AvgIpc) is 2.98. The van der Waals surface area contributed by atoms with Crippen LogP contribution in [0.4, 0.5) is 11.6 Å². The van der Waals surface area contributed by atoms with E-state index in [1.54, 1.807) is 18.4 Å². The fraction of sp³-hybridized carbons (Fsp3) is 0.467. The predicted octanol–water partition coefficient (Wildman–Crippen LogP) is 3.14. The molecule has 0 spiro atoms. The lowest BCUT2D eigenvalue weighted by Gasteiger charge is -2.19. The van der Waals surface area contributed by atoms with Gasteiger partial charge in [-0.05, 0) is 17.9 Å². The fourth-order valence-corrected chi connectivity index (χ4v) is 2.69. The number of methoxy groups -OCH3 is 1. The number of hydrogen-bond acceptors (Lipinski definition) is 6. The summed E-state index contributed by atoms with van der Waals surface area (Å²) >= 11 is 1.75. The molecule has 6 heteroatoms. The molecule has 0 saturated carbocycles. The van der Waals surface area contributed by atoms with E-state index in [-0.39, 0.29) is 0 Å². The lowest BCUT2D eigenvalue weighted by atomic mass is 10.4. The Morgan fingerprint density at radius 2 is 2.24 bits per heavy atom. The second kappa shape index (κ2) is 7.95. The van der Waals surface area contributed by atoms with E-state index in [2.05, 4.69) is 44.6 Å². The van der Waals surface area contributed by atoms with Crippen LogP contribution in [0.5, 0.6) is 0 Å². The largest absolute Gasteiger partial charge is 0.377 e. The minimum absolute atomic E-state index is 0.418. The first-order chi connectivity index (χ1) is 10.2. The Kier molecular flexibility index (Phi) is 5.95. The molecule has 0 atom stereocenters. The van der Waals surface area contributed by atoms with E-state index < -0.39 is 0 Å². The van der Waals surface area contributed by atoms with Gasteiger partial charge in [-0.2, -0.15) is 0 Å². The highest BCUT2D eigenvalue weighted by Crippen LogP contribution is 2.19. The zero-order chi connectivity index (χ0) is 15.1. The summed E-state index contributed by atoms with van der Waals surface area (Å²) in [6.07, 6.45) is 1.06.